The van der Waals surface area contributed by atoms with Crippen LogP contribution in [0.3, 0.4) is 0 Å². The van der Waals surface area contributed by atoms with Crippen LogP contribution in [0.15, 0.2) is 18.2 Å². The zero-order valence-electron chi connectivity index (χ0n) is 8.97. The van der Waals surface area contributed by atoms with Crippen LogP contribution in [0.2, 0.25) is 0 Å². The van der Waals surface area contributed by atoms with Gasteiger partial charge in [0.15, 0.2) is 0 Å². The Morgan fingerprint density at radius 1 is 1.00 bits per heavy atom. The monoisotopic (exact) mass is 202 g/mol. The molecule has 0 radical (unpaired) electrons. The van der Waals surface area contributed by atoms with Crippen molar-refractivity contribution < 1.29 is 13.5 Å². The lowest BCUT2D eigenvalue weighted by molar-refractivity contribution is 0.240. The lowest BCUT2D eigenvalue weighted by atomic mass is 10.3. The summed E-state index contributed by atoms with van der Waals surface area (Å²) in [6.07, 6.45) is -0.0776. The average Bonchev–Trinajstić information content (AvgIpc) is 2.04. The highest BCUT2D eigenvalue weighted by Crippen LogP contribution is 2.16. The summed E-state index contributed by atoms with van der Waals surface area (Å²) in [5, 5.41) is 0. The zero-order valence-corrected chi connectivity index (χ0v) is 8.97. The summed E-state index contributed by atoms with van der Waals surface area (Å²) in [6.45, 7) is 7.59. The van der Waals surface area contributed by atoms with E-state index in [1.54, 1.807) is 13.8 Å². The third kappa shape index (κ3) is 4.80. The van der Waals surface area contributed by atoms with Crippen molar-refractivity contribution in [3.05, 3.63) is 29.8 Å². The minimum atomic E-state index is -0.620. The van der Waals surface area contributed by atoms with Crippen LogP contribution < -0.4 is 4.74 Å². The molecule has 0 atom stereocenters. The Hall–Kier alpha value is -1.12. The molecule has 0 amide bonds. The molecule has 0 aliphatic rings. The lowest BCUT2D eigenvalue weighted by Gasteiger charge is -2.09. The Morgan fingerprint density at radius 2 is 1.43 bits per heavy atom. The number of benzene rings is 1. The molecule has 0 aromatic heterocycles. The fourth-order valence-corrected chi connectivity index (χ4v) is 0.869. The van der Waals surface area contributed by atoms with Crippen LogP contribution in [-0.2, 0) is 0 Å². The van der Waals surface area contributed by atoms with Gasteiger partial charge in [0.25, 0.3) is 0 Å². The minimum Gasteiger partial charge on any atom is -0.491 e. The molecule has 0 spiro atoms. The van der Waals surface area contributed by atoms with E-state index in [0.29, 0.717) is 0 Å². The molecule has 0 saturated heterocycles. The van der Waals surface area contributed by atoms with Gasteiger partial charge in [0.05, 0.1) is 6.10 Å². The van der Waals surface area contributed by atoms with Crippen LogP contribution in [-0.4, -0.2) is 6.10 Å². The van der Waals surface area contributed by atoms with E-state index in [4.69, 9.17) is 4.74 Å². The number of hydrogen-bond donors (Lipinski definition) is 0. The van der Waals surface area contributed by atoms with Crippen molar-refractivity contribution in [3.63, 3.8) is 0 Å². The van der Waals surface area contributed by atoms with Gasteiger partial charge >= 0.3 is 0 Å². The highest BCUT2D eigenvalue weighted by Gasteiger charge is 2.02. The normalized spacial score (nSPS) is 9.36. The van der Waals surface area contributed by atoms with Gasteiger partial charge in [-0.05, 0) is 13.8 Å². The van der Waals surface area contributed by atoms with E-state index >= 15 is 0 Å². The van der Waals surface area contributed by atoms with Crippen LogP contribution in [0.1, 0.15) is 27.7 Å². The molecule has 0 aliphatic heterocycles. The maximum Gasteiger partial charge on any atom is 0.129 e. The molecule has 80 valence electrons. The van der Waals surface area contributed by atoms with Crippen molar-refractivity contribution in [3.8, 4) is 5.75 Å². The fraction of sp³-hybridized carbons (Fsp3) is 0.455. The summed E-state index contributed by atoms with van der Waals surface area (Å²) in [6, 6.07) is 3.12. The van der Waals surface area contributed by atoms with Crippen LogP contribution >= 0.6 is 0 Å². The Morgan fingerprint density at radius 3 is 1.79 bits per heavy atom. The second-order valence-electron chi connectivity index (χ2n) is 2.77. The molecule has 1 aromatic carbocycles. The van der Waals surface area contributed by atoms with E-state index in [2.05, 4.69) is 0 Å². The summed E-state index contributed by atoms with van der Waals surface area (Å²) in [7, 11) is 0. The first-order chi connectivity index (χ1) is 6.58. The maximum absolute atomic E-state index is 12.6. The van der Waals surface area contributed by atoms with Gasteiger partial charge < -0.3 is 4.74 Å². The highest BCUT2D eigenvalue weighted by atomic mass is 19.1. The highest BCUT2D eigenvalue weighted by molar-refractivity contribution is 5.23. The van der Waals surface area contributed by atoms with Gasteiger partial charge in [-0.2, -0.15) is 0 Å². The Labute approximate surface area is 83.7 Å². The largest absolute Gasteiger partial charge is 0.491 e. The molecule has 0 N–H and O–H groups in total. The van der Waals surface area contributed by atoms with Crippen molar-refractivity contribution >= 4 is 0 Å². The molecule has 14 heavy (non-hydrogen) atoms. The molecule has 1 rings (SSSR count). The maximum atomic E-state index is 12.6. The van der Waals surface area contributed by atoms with Crippen molar-refractivity contribution in [2.75, 3.05) is 0 Å². The molecule has 1 nitrogen and oxygen atoms in total. The standard InChI is InChI=1S/C9H10F2O.C2H6/c1-6(2)12-9-4-7(10)3-8(11)5-9;1-2/h3-6H,1-2H3;1-2H3. The van der Waals surface area contributed by atoms with Crippen molar-refractivity contribution in [1.29, 1.82) is 0 Å². The average molecular weight is 202 g/mol. The van der Waals surface area contributed by atoms with Gasteiger partial charge in [0.1, 0.15) is 17.4 Å². The Balaban J connectivity index is 0.000000791. The molecule has 3 heteroatoms. The summed E-state index contributed by atoms with van der Waals surface area (Å²) >= 11 is 0. The second kappa shape index (κ2) is 6.35. The molecule has 0 heterocycles. The number of rotatable bonds is 2. The molecule has 0 unspecified atom stereocenters. The molecule has 0 bridgehead atoms. The fourth-order valence-electron chi connectivity index (χ4n) is 0.869. The number of hydrogen-bond acceptors (Lipinski definition) is 1. The molecular formula is C11H16F2O. The summed E-state index contributed by atoms with van der Waals surface area (Å²) < 4.78 is 30.2. The van der Waals surface area contributed by atoms with E-state index in [-0.39, 0.29) is 11.9 Å². The van der Waals surface area contributed by atoms with Gasteiger partial charge in [-0.3, -0.25) is 0 Å². The predicted molar refractivity (Wildman–Crippen MR) is 53.5 cm³/mol. The molecule has 1 aromatic rings. The quantitative estimate of drug-likeness (QED) is 0.709. The van der Waals surface area contributed by atoms with Crippen LogP contribution in [0.4, 0.5) is 8.78 Å². The van der Waals surface area contributed by atoms with Crippen molar-refractivity contribution in [2.45, 2.75) is 33.8 Å². The van der Waals surface area contributed by atoms with E-state index in [1.165, 1.54) is 0 Å². The van der Waals surface area contributed by atoms with Gasteiger partial charge in [-0.1, -0.05) is 13.8 Å². The van der Waals surface area contributed by atoms with Gasteiger partial charge in [-0.25, -0.2) is 8.78 Å². The molecule has 0 fully saturated rings. The van der Waals surface area contributed by atoms with Crippen molar-refractivity contribution in [1.82, 2.24) is 0 Å². The summed E-state index contributed by atoms with van der Waals surface area (Å²) in [5.41, 5.74) is 0. The minimum absolute atomic E-state index is 0.0776. The molecular weight excluding hydrogens is 186 g/mol. The Kier molecular flexibility index (Phi) is 5.84. The first kappa shape index (κ1) is 12.9. The predicted octanol–water partition coefficient (Wildman–Crippen LogP) is 3.78. The first-order valence-corrected chi connectivity index (χ1v) is 4.70. The third-order valence-corrected chi connectivity index (χ3v) is 1.21. The third-order valence-electron chi connectivity index (χ3n) is 1.21. The van der Waals surface area contributed by atoms with Crippen LogP contribution in [0, 0.1) is 11.6 Å². The SMILES string of the molecule is CC.CC(C)Oc1cc(F)cc(F)c1. The second-order valence-corrected chi connectivity index (χ2v) is 2.77. The van der Waals surface area contributed by atoms with Gasteiger partial charge in [0, 0.05) is 18.2 Å². The lowest BCUT2D eigenvalue weighted by Crippen LogP contribution is -2.05. The molecule has 0 saturated carbocycles. The van der Waals surface area contributed by atoms with E-state index in [0.717, 1.165) is 18.2 Å². The van der Waals surface area contributed by atoms with Gasteiger partial charge in [-0.15, -0.1) is 0 Å². The summed E-state index contributed by atoms with van der Waals surface area (Å²) in [4.78, 5) is 0. The van der Waals surface area contributed by atoms with Gasteiger partial charge in [0.2, 0.25) is 0 Å². The smallest absolute Gasteiger partial charge is 0.129 e. The number of halogens is 2. The number of ether oxygens (including phenoxy) is 1. The van der Waals surface area contributed by atoms with Crippen LogP contribution in [0.5, 0.6) is 5.75 Å². The zero-order chi connectivity index (χ0) is 11.1. The molecule has 0 aliphatic carbocycles. The van der Waals surface area contributed by atoms with E-state index in [9.17, 15) is 8.78 Å². The summed E-state index contributed by atoms with van der Waals surface area (Å²) in [5.74, 6) is -1.01. The van der Waals surface area contributed by atoms with E-state index < -0.39 is 11.6 Å². The van der Waals surface area contributed by atoms with Crippen LogP contribution in [0.25, 0.3) is 0 Å². The Bertz CT molecular complexity index is 252. The topological polar surface area (TPSA) is 9.23 Å². The van der Waals surface area contributed by atoms with E-state index in [1.807, 2.05) is 13.8 Å². The first-order valence-electron chi connectivity index (χ1n) is 4.70. The van der Waals surface area contributed by atoms with Crippen molar-refractivity contribution in [2.24, 2.45) is 0 Å².